The molecule has 0 spiro atoms. The van der Waals surface area contributed by atoms with Gasteiger partial charge >= 0.3 is 5.97 Å². The molecule has 1 aromatic rings. The third-order valence-electron chi connectivity index (χ3n) is 2.98. The SMILES string of the molecule is CC(N)Cc1ccccc1.Cl.Cl.N=C(N)NCCCCC(N)C(=O)O. The largest absolute Gasteiger partial charge is 0.480 e. The standard InChI is InChI=1S/C9H13N.C7H16N4O2.2ClH/c1-8(10)7-9-5-3-2-4-6-9;8-5(6(12)13)3-1-2-4-11-7(9)10;;/h2-6,8H,7,10H2,1H3;5H,1-4,8H2,(H,12,13)(H4,9,10,11);2*1H. The molecule has 25 heavy (non-hydrogen) atoms. The first-order valence-electron chi connectivity index (χ1n) is 7.68. The Hall–Kier alpha value is -1.54. The van der Waals surface area contributed by atoms with Gasteiger partial charge < -0.3 is 27.6 Å². The Labute approximate surface area is 162 Å². The number of guanidine groups is 1. The minimum atomic E-state index is -0.973. The van der Waals surface area contributed by atoms with Gasteiger partial charge in [0.25, 0.3) is 0 Å². The molecule has 1 rings (SSSR count). The lowest BCUT2D eigenvalue weighted by Gasteiger charge is -2.06. The predicted molar refractivity (Wildman–Crippen MR) is 108 cm³/mol. The van der Waals surface area contributed by atoms with Crippen LogP contribution in [-0.2, 0) is 11.2 Å². The van der Waals surface area contributed by atoms with Crippen molar-refractivity contribution in [2.45, 2.75) is 44.7 Å². The molecule has 0 heterocycles. The summed E-state index contributed by atoms with van der Waals surface area (Å²) < 4.78 is 0. The molecule has 0 aliphatic rings. The molecule has 0 fully saturated rings. The summed E-state index contributed by atoms with van der Waals surface area (Å²) in [5.74, 6) is -1.04. The molecule has 0 aromatic heterocycles. The van der Waals surface area contributed by atoms with Gasteiger partial charge in [-0.15, -0.1) is 24.8 Å². The maximum Gasteiger partial charge on any atom is 0.320 e. The lowest BCUT2D eigenvalue weighted by Crippen LogP contribution is -2.32. The highest BCUT2D eigenvalue weighted by atomic mass is 35.5. The minimum absolute atomic E-state index is 0. The zero-order chi connectivity index (χ0) is 17.7. The molecule has 9 heteroatoms. The molecule has 0 radical (unpaired) electrons. The average Bonchev–Trinajstić information content (AvgIpc) is 2.47. The number of aliphatic carboxylic acids is 1. The predicted octanol–water partition coefficient (Wildman–Crippen LogP) is 1.47. The highest BCUT2D eigenvalue weighted by molar-refractivity contribution is 5.85. The summed E-state index contributed by atoms with van der Waals surface area (Å²) in [6, 6.07) is 9.78. The van der Waals surface area contributed by atoms with Crippen molar-refractivity contribution in [1.82, 2.24) is 5.32 Å². The molecular formula is C16H31Cl2N5O2. The summed E-state index contributed by atoms with van der Waals surface area (Å²) in [7, 11) is 0. The van der Waals surface area contributed by atoms with Gasteiger partial charge in [0.2, 0.25) is 0 Å². The number of benzene rings is 1. The van der Waals surface area contributed by atoms with Crippen molar-refractivity contribution < 1.29 is 9.90 Å². The number of unbranched alkanes of at least 4 members (excludes halogenated alkanes) is 1. The van der Waals surface area contributed by atoms with Crippen LogP contribution < -0.4 is 22.5 Å². The highest BCUT2D eigenvalue weighted by Crippen LogP contribution is 2.00. The summed E-state index contributed by atoms with van der Waals surface area (Å²) in [5.41, 5.74) is 17.2. The molecule has 1 aromatic carbocycles. The van der Waals surface area contributed by atoms with Crippen LogP contribution in [0.2, 0.25) is 0 Å². The second kappa shape index (κ2) is 17.3. The van der Waals surface area contributed by atoms with Gasteiger partial charge in [0.1, 0.15) is 6.04 Å². The van der Waals surface area contributed by atoms with Crippen LogP contribution in [0, 0.1) is 5.41 Å². The van der Waals surface area contributed by atoms with E-state index in [2.05, 4.69) is 17.4 Å². The molecule has 2 unspecified atom stereocenters. The Kier molecular flexibility index (Phi) is 19.6. The normalized spacial score (nSPS) is 11.5. The van der Waals surface area contributed by atoms with E-state index in [0.717, 1.165) is 12.8 Å². The van der Waals surface area contributed by atoms with Crippen LogP contribution in [0.4, 0.5) is 0 Å². The second-order valence-electron chi connectivity index (χ2n) is 5.45. The molecule has 0 aliphatic heterocycles. The zero-order valence-electron chi connectivity index (χ0n) is 14.5. The number of nitrogens with two attached hydrogens (primary N) is 3. The van der Waals surface area contributed by atoms with Crippen molar-refractivity contribution in [2.75, 3.05) is 6.54 Å². The first kappa shape index (κ1) is 28.3. The van der Waals surface area contributed by atoms with E-state index in [1.54, 1.807) is 0 Å². The number of carboxylic acids is 1. The second-order valence-corrected chi connectivity index (χ2v) is 5.45. The van der Waals surface area contributed by atoms with Crippen molar-refractivity contribution in [3.63, 3.8) is 0 Å². The Balaban J connectivity index is -0.000000367. The fourth-order valence-electron chi connectivity index (χ4n) is 1.82. The third kappa shape index (κ3) is 18.6. The first-order valence-corrected chi connectivity index (χ1v) is 7.68. The maximum absolute atomic E-state index is 10.3. The number of carboxylic acid groups (broad SMARTS) is 1. The lowest BCUT2D eigenvalue weighted by molar-refractivity contribution is -0.138. The van der Waals surface area contributed by atoms with Gasteiger partial charge in [-0.2, -0.15) is 0 Å². The van der Waals surface area contributed by atoms with E-state index in [0.29, 0.717) is 19.4 Å². The van der Waals surface area contributed by atoms with Crippen molar-refractivity contribution in [1.29, 1.82) is 5.41 Å². The van der Waals surface area contributed by atoms with Crippen LogP contribution in [0.1, 0.15) is 31.7 Å². The smallest absolute Gasteiger partial charge is 0.320 e. The van der Waals surface area contributed by atoms with E-state index in [9.17, 15) is 4.79 Å². The van der Waals surface area contributed by atoms with E-state index in [1.165, 1.54) is 5.56 Å². The lowest BCUT2D eigenvalue weighted by atomic mass is 10.1. The average molecular weight is 396 g/mol. The van der Waals surface area contributed by atoms with Gasteiger partial charge in [-0.1, -0.05) is 30.3 Å². The first-order chi connectivity index (χ1) is 10.8. The van der Waals surface area contributed by atoms with Gasteiger partial charge in [-0.25, -0.2) is 0 Å². The molecule has 2 atom stereocenters. The van der Waals surface area contributed by atoms with Crippen LogP contribution in [0.25, 0.3) is 0 Å². The molecule has 9 N–H and O–H groups in total. The Morgan fingerprint density at radius 3 is 2.20 bits per heavy atom. The van der Waals surface area contributed by atoms with Gasteiger partial charge in [0.05, 0.1) is 0 Å². The molecule has 0 saturated carbocycles. The topological polar surface area (TPSA) is 151 Å². The zero-order valence-corrected chi connectivity index (χ0v) is 16.1. The van der Waals surface area contributed by atoms with Gasteiger partial charge in [0, 0.05) is 12.6 Å². The van der Waals surface area contributed by atoms with Crippen LogP contribution in [0.15, 0.2) is 30.3 Å². The molecule has 0 amide bonds. The molecule has 7 nitrogen and oxygen atoms in total. The van der Waals surface area contributed by atoms with Crippen LogP contribution >= 0.6 is 24.8 Å². The Morgan fingerprint density at radius 2 is 1.76 bits per heavy atom. The van der Waals surface area contributed by atoms with Gasteiger partial charge in [-0.05, 0) is 38.2 Å². The molecule has 0 aliphatic carbocycles. The van der Waals surface area contributed by atoms with Crippen LogP contribution in [0.3, 0.4) is 0 Å². The van der Waals surface area contributed by atoms with E-state index >= 15 is 0 Å². The maximum atomic E-state index is 10.3. The Morgan fingerprint density at radius 1 is 1.20 bits per heavy atom. The van der Waals surface area contributed by atoms with Crippen LogP contribution in [-0.4, -0.2) is 35.7 Å². The monoisotopic (exact) mass is 395 g/mol. The number of halogens is 2. The highest BCUT2D eigenvalue weighted by Gasteiger charge is 2.09. The quantitative estimate of drug-likeness (QED) is 0.222. The summed E-state index contributed by atoms with van der Waals surface area (Å²) >= 11 is 0. The summed E-state index contributed by atoms with van der Waals surface area (Å²) in [6.07, 6.45) is 2.91. The van der Waals surface area contributed by atoms with Crippen molar-refractivity contribution in [3.05, 3.63) is 35.9 Å². The van der Waals surface area contributed by atoms with E-state index in [1.807, 2.05) is 25.1 Å². The molecule has 0 bridgehead atoms. The molecule has 0 saturated heterocycles. The third-order valence-corrected chi connectivity index (χ3v) is 2.98. The van der Waals surface area contributed by atoms with E-state index in [4.69, 9.17) is 27.7 Å². The minimum Gasteiger partial charge on any atom is -0.480 e. The molecular weight excluding hydrogens is 365 g/mol. The fraction of sp³-hybridized carbons (Fsp3) is 0.500. The summed E-state index contributed by atoms with van der Waals surface area (Å²) in [6.45, 7) is 2.61. The van der Waals surface area contributed by atoms with E-state index in [-0.39, 0.29) is 36.8 Å². The van der Waals surface area contributed by atoms with E-state index < -0.39 is 12.0 Å². The van der Waals surface area contributed by atoms with Crippen LogP contribution in [0.5, 0.6) is 0 Å². The number of nitrogens with one attached hydrogen (secondary N) is 2. The van der Waals surface area contributed by atoms with Crippen molar-refractivity contribution >= 4 is 36.7 Å². The van der Waals surface area contributed by atoms with Gasteiger partial charge in [-0.3, -0.25) is 10.2 Å². The fourth-order valence-corrected chi connectivity index (χ4v) is 1.82. The van der Waals surface area contributed by atoms with Crippen molar-refractivity contribution in [3.8, 4) is 0 Å². The van der Waals surface area contributed by atoms with Crippen molar-refractivity contribution in [2.24, 2.45) is 17.2 Å². The number of rotatable bonds is 8. The molecule has 146 valence electrons. The van der Waals surface area contributed by atoms with Gasteiger partial charge in [0.15, 0.2) is 5.96 Å². The Bertz CT molecular complexity index is 461. The summed E-state index contributed by atoms with van der Waals surface area (Å²) in [5, 5.41) is 17.9. The summed E-state index contributed by atoms with van der Waals surface area (Å²) in [4.78, 5) is 10.3. The number of hydrogen-bond acceptors (Lipinski definition) is 4. The number of hydrogen-bond donors (Lipinski definition) is 6. The number of carbonyl (C=O) groups is 1.